The van der Waals surface area contributed by atoms with Crippen LogP contribution in [0, 0.1) is 11.5 Å². The standard InChI is InChI=1S/C23H31N7O2/c1-16-12-17-7-8-18(13-20(17)26-16)27-23(25-15-24)28-19-6-2-3-11-30(22(19)32)14-21(31)29-9-4-5-10-29/h7-8,13,16,19,26H,2-6,9-12,14H2,1H3,(H2,25,27,28). The third-order valence-corrected chi connectivity index (χ3v) is 6.30. The van der Waals surface area contributed by atoms with E-state index in [4.69, 9.17) is 0 Å². The zero-order valence-corrected chi connectivity index (χ0v) is 18.6. The second-order valence-electron chi connectivity index (χ2n) is 8.82. The molecule has 2 amide bonds. The van der Waals surface area contributed by atoms with E-state index in [2.05, 4.69) is 33.9 Å². The van der Waals surface area contributed by atoms with Crippen LogP contribution < -0.4 is 16.0 Å². The third kappa shape index (κ3) is 5.13. The fraction of sp³-hybridized carbons (Fsp3) is 0.565. The van der Waals surface area contributed by atoms with Crippen LogP contribution in [0.1, 0.15) is 44.6 Å². The molecule has 9 nitrogen and oxygen atoms in total. The first-order valence-electron chi connectivity index (χ1n) is 11.5. The van der Waals surface area contributed by atoms with E-state index < -0.39 is 6.04 Å². The van der Waals surface area contributed by atoms with E-state index in [-0.39, 0.29) is 24.3 Å². The molecule has 0 bridgehead atoms. The summed E-state index contributed by atoms with van der Waals surface area (Å²) in [5.74, 6) is 0.0944. The molecule has 2 unspecified atom stereocenters. The molecule has 0 radical (unpaired) electrons. The van der Waals surface area contributed by atoms with E-state index in [0.717, 1.165) is 56.6 Å². The lowest BCUT2D eigenvalue weighted by Gasteiger charge is -2.25. The van der Waals surface area contributed by atoms with E-state index in [1.54, 1.807) is 4.90 Å². The largest absolute Gasteiger partial charge is 0.382 e. The number of likely N-dealkylation sites (tertiary alicyclic amines) is 2. The van der Waals surface area contributed by atoms with Crippen LogP contribution in [0.25, 0.3) is 0 Å². The Balaban J connectivity index is 1.47. The number of nitrogens with zero attached hydrogens (tertiary/aromatic N) is 4. The van der Waals surface area contributed by atoms with Gasteiger partial charge >= 0.3 is 0 Å². The molecule has 3 heterocycles. The van der Waals surface area contributed by atoms with Crippen LogP contribution in [-0.2, 0) is 16.0 Å². The number of carbonyl (C=O) groups excluding carboxylic acids is 2. The SMILES string of the molecule is CC1Cc2ccc(NC(=NC3CCCCN(CC(=O)N4CCCC4)C3=O)NC#N)cc2N1. The highest BCUT2D eigenvalue weighted by atomic mass is 16.2. The Bertz CT molecular complexity index is 933. The number of nitriles is 1. The van der Waals surface area contributed by atoms with Gasteiger partial charge in [0.2, 0.25) is 17.8 Å². The molecule has 0 aliphatic carbocycles. The van der Waals surface area contributed by atoms with Crippen LogP contribution in [0.15, 0.2) is 23.2 Å². The van der Waals surface area contributed by atoms with Crippen LogP contribution in [0.5, 0.6) is 0 Å². The van der Waals surface area contributed by atoms with Crippen molar-refractivity contribution >= 4 is 29.1 Å². The summed E-state index contributed by atoms with van der Waals surface area (Å²) in [4.78, 5) is 33.8. The minimum absolute atomic E-state index is 0.00819. The predicted octanol–water partition coefficient (Wildman–Crippen LogP) is 1.89. The van der Waals surface area contributed by atoms with Gasteiger partial charge in [-0.05, 0) is 63.1 Å². The van der Waals surface area contributed by atoms with Gasteiger partial charge in [0.25, 0.3) is 0 Å². The van der Waals surface area contributed by atoms with Crippen molar-refractivity contribution in [2.24, 2.45) is 4.99 Å². The lowest BCUT2D eigenvalue weighted by atomic mass is 10.1. The number of nitrogens with one attached hydrogen (secondary N) is 3. The van der Waals surface area contributed by atoms with Crippen molar-refractivity contribution in [1.82, 2.24) is 15.1 Å². The topological polar surface area (TPSA) is 113 Å². The number of benzene rings is 1. The molecular weight excluding hydrogens is 406 g/mol. The van der Waals surface area contributed by atoms with E-state index in [1.165, 1.54) is 5.56 Å². The van der Waals surface area contributed by atoms with E-state index in [9.17, 15) is 14.9 Å². The van der Waals surface area contributed by atoms with Crippen LogP contribution >= 0.6 is 0 Å². The normalized spacial score (nSPS) is 23.2. The van der Waals surface area contributed by atoms with E-state index in [1.807, 2.05) is 23.2 Å². The number of anilines is 2. The highest BCUT2D eigenvalue weighted by Crippen LogP contribution is 2.28. The number of hydrogen-bond donors (Lipinski definition) is 3. The molecule has 3 N–H and O–H groups in total. The van der Waals surface area contributed by atoms with Gasteiger partial charge in [0.15, 0.2) is 6.19 Å². The van der Waals surface area contributed by atoms with Crippen LogP contribution in [0.4, 0.5) is 11.4 Å². The molecule has 9 heteroatoms. The van der Waals surface area contributed by atoms with Gasteiger partial charge in [-0.15, -0.1) is 0 Å². The molecule has 2 saturated heterocycles. The van der Waals surface area contributed by atoms with Crippen LogP contribution in [-0.4, -0.2) is 65.8 Å². The number of rotatable bonds is 4. The minimum Gasteiger partial charge on any atom is -0.382 e. The van der Waals surface area contributed by atoms with Crippen molar-refractivity contribution in [3.8, 4) is 6.19 Å². The maximum Gasteiger partial charge on any atom is 0.247 e. The minimum atomic E-state index is -0.625. The molecule has 2 fully saturated rings. The summed E-state index contributed by atoms with van der Waals surface area (Å²) in [6, 6.07) is 5.76. The zero-order valence-electron chi connectivity index (χ0n) is 18.6. The van der Waals surface area contributed by atoms with Crippen molar-refractivity contribution in [2.75, 3.05) is 36.8 Å². The Morgan fingerprint density at radius 1 is 1.25 bits per heavy atom. The monoisotopic (exact) mass is 437 g/mol. The van der Waals surface area contributed by atoms with Gasteiger partial charge in [-0.3, -0.25) is 14.9 Å². The summed E-state index contributed by atoms with van der Waals surface area (Å²) in [7, 11) is 0. The molecule has 0 saturated carbocycles. The van der Waals surface area contributed by atoms with Gasteiger partial charge in [-0.25, -0.2) is 4.99 Å². The summed E-state index contributed by atoms with van der Waals surface area (Å²) in [6.45, 7) is 4.35. The summed E-state index contributed by atoms with van der Waals surface area (Å²) in [5, 5.41) is 18.4. The number of amides is 2. The lowest BCUT2D eigenvalue weighted by molar-refractivity contribution is -0.140. The van der Waals surface area contributed by atoms with Crippen molar-refractivity contribution in [1.29, 1.82) is 5.26 Å². The van der Waals surface area contributed by atoms with Crippen LogP contribution in [0.2, 0.25) is 0 Å². The summed E-state index contributed by atoms with van der Waals surface area (Å²) < 4.78 is 0. The Morgan fingerprint density at radius 2 is 2.03 bits per heavy atom. The predicted molar refractivity (Wildman–Crippen MR) is 123 cm³/mol. The van der Waals surface area contributed by atoms with Gasteiger partial charge in [0, 0.05) is 37.1 Å². The molecule has 3 aliphatic heterocycles. The Hall–Kier alpha value is -3.28. The number of carbonyl (C=O) groups is 2. The zero-order chi connectivity index (χ0) is 22.5. The summed E-state index contributed by atoms with van der Waals surface area (Å²) in [6.07, 6.45) is 7.21. The molecule has 1 aromatic rings. The lowest BCUT2D eigenvalue weighted by Crippen LogP contribution is -2.45. The average molecular weight is 438 g/mol. The van der Waals surface area contributed by atoms with E-state index >= 15 is 0 Å². The number of aliphatic imine (C=N–C) groups is 1. The third-order valence-electron chi connectivity index (χ3n) is 6.30. The van der Waals surface area contributed by atoms with Crippen molar-refractivity contribution in [3.63, 3.8) is 0 Å². The molecule has 0 spiro atoms. The number of fused-ring (bicyclic) bond motifs is 1. The molecular formula is C23H31N7O2. The maximum atomic E-state index is 13.2. The first kappa shape index (κ1) is 21.9. The molecule has 32 heavy (non-hydrogen) atoms. The summed E-state index contributed by atoms with van der Waals surface area (Å²) in [5.41, 5.74) is 3.11. The fourth-order valence-electron chi connectivity index (χ4n) is 4.65. The Morgan fingerprint density at radius 3 is 2.81 bits per heavy atom. The number of guanidine groups is 1. The summed E-state index contributed by atoms with van der Waals surface area (Å²) >= 11 is 0. The maximum absolute atomic E-state index is 13.2. The van der Waals surface area contributed by atoms with Crippen molar-refractivity contribution in [3.05, 3.63) is 23.8 Å². The average Bonchev–Trinajstić information content (AvgIpc) is 3.39. The first-order chi connectivity index (χ1) is 15.5. The molecule has 1 aromatic carbocycles. The Kier molecular flexibility index (Phi) is 6.78. The van der Waals surface area contributed by atoms with Gasteiger partial charge < -0.3 is 20.4 Å². The van der Waals surface area contributed by atoms with Crippen molar-refractivity contribution in [2.45, 2.75) is 57.5 Å². The quantitative estimate of drug-likeness (QED) is 0.287. The second-order valence-corrected chi connectivity index (χ2v) is 8.82. The van der Waals surface area contributed by atoms with Crippen molar-refractivity contribution < 1.29 is 9.59 Å². The second kappa shape index (κ2) is 9.90. The highest BCUT2D eigenvalue weighted by molar-refractivity contribution is 5.97. The molecule has 0 aromatic heterocycles. The van der Waals surface area contributed by atoms with E-state index in [0.29, 0.717) is 19.0 Å². The van der Waals surface area contributed by atoms with Gasteiger partial charge in [-0.1, -0.05) is 6.07 Å². The highest BCUT2D eigenvalue weighted by Gasteiger charge is 2.30. The Labute approximate surface area is 188 Å². The fourth-order valence-corrected chi connectivity index (χ4v) is 4.65. The first-order valence-corrected chi connectivity index (χ1v) is 11.5. The molecule has 4 rings (SSSR count). The van der Waals surface area contributed by atoms with Gasteiger partial charge in [0.1, 0.15) is 6.04 Å². The molecule has 2 atom stereocenters. The van der Waals surface area contributed by atoms with Gasteiger partial charge in [0.05, 0.1) is 6.54 Å². The van der Waals surface area contributed by atoms with Crippen LogP contribution in [0.3, 0.4) is 0 Å². The smallest absolute Gasteiger partial charge is 0.247 e. The van der Waals surface area contributed by atoms with Gasteiger partial charge in [-0.2, -0.15) is 5.26 Å². The molecule has 3 aliphatic rings. The molecule has 170 valence electrons. The number of hydrogen-bond acceptors (Lipinski definition) is 5.